The molecule has 1 saturated heterocycles. The number of piperazine rings is 1. The van der Waals surface area contributed by atoms with Crippen molar-refractivity contribution < 1.29 is 32.0 Å². The number of benzene rings is 2. The summed E-state index contributed by atoms with van der Waals surface area (Å²) in [5.41, 5.74) is 0.474. The van der Waals surface area contributed by atoms with E-state index in [1.807, 2.05) is 6.92 Å². The van der Waals surface area contributed by atoms with Crippen LogP contribution < -0.4 is 10.1 Å². The highest BCUT2D eigenvalue weighted by atomic mass is 35.5. The van der Waals surface area contributed by atoms with Crippen LogP contribution in [-0.4, -0.2) is 74.1 Å². The van der Waals surface area contributed by atoms with Crippen LogP contribution in [0.4, 0.5) is 0 Å². The zero-order valence-electron chi connectivity index (χ0n) is 20.5. The Morgan fingerprint density at radius 3 is 2.18 bits per heavy atom. The number of ether oxygens (including phenoxy) is 1. The second kappa shape index (κ2) is 11.7. The molecule has 1 aliphatic heterocycles. The third-order valence-corrected chi connectivity index (χ3v) is 8.10. The monoisotopic (exact) mass is 559 g/mol. The first-order chi connectivity index (χ1) is 18.2. The minimum absolute atomic E-state index is 0.0882. The first-order valence-corrected chi connectivity index (χ1v) is 13.8. The number of halogens is 1. The number of nitrogens with one attached hydrogen (secondary N) is 1. The van der Waals surface area contributed by atoms with Crippen molar-refractivity contribution in [1.82, 2.24) is 15.1 Å². The Balaban J connectivity index is 1.49. The zero-order valence-corrected chi connectivity index (χ0v) is 22.1. The zero-order chi connectivity index (χ0) is 27.3. The van der Waals surface area contributed by atoms with E-state index in [0.717, 1.165) is 0 Å². The minimum Gasteiger partial charge on any atom is -0.494 e. The van der Waals surface area contributed by atoms with Crippen LogP contribution in [0, 0.1) is 0 Å². The molecule has 12 heteroatoms. The summed E-state index contributed by atoms with van der Waals surface area (Å²) in [6.45, 7) is 2.94. The molecule has 0 aliphatic carbocycles. The van der Waals surface area contributed by atoms with Crippen molar-refractivity contribution in [3.63, 3.8) is 0 Å². The molecule has 1 fully saturated rings. The number of carbonyl (C=O) groups is 3. The molecular weight excluding hydrogens is 534 g/mol. The van der Waals surface area contributed by atoms with Gasteiger partial charge >= 0.3 is 0 Å². The molecule has 38 heavy (non-hydrogen) atoms. The van der Waals surface area contributed by atoms with Crippen LogP contribution in [0.5, 0.6) is 5.75 Å². The molecule has 0 spiro atoms. The molecule has 1 aliphatic rings. The molecule has 1 N–H and O–H groups in total. The number of amides is 3. The van der Waals surface area contributed by atoms with Gasteiger partial charge in [-0.1, -0.05) is 11.6 Å². The first kappa shape index (κ1) is 27.2. The van der Waals surface area contributed by atoms with Crippen LogP contribution in [0.1, 0.15) is 27.8 Å². The van der Waals surface area contributed by atoms with Gasteiger partial charge in [0.05, 0.1) is 17.8 Å². The van der Waals surface area contributed by atoms with E-state index in [-0.39, 0.29) is 42.7 Å². The van der Waals surface area contributed by atoms with Crippen molar-refractivity contribution in [2.75, 3.05) is 32.8 Å². The van der Waals surface area contributed by atoms with E-state index in [4.69, 9.17) is 20.8 Å². The van der Waals surface area contributed by atoms with Gasteiger partial charge in [0.15, 0.2) is 5.76 Å². The molecule has 2 heterocycles. The SMILES string of the molecule is CCOc1ccc(C(=O)N2CCN(C(=O)[C@H](NC(=O)c3ccco3)S(=O)(=O)c3ccc(Cl)cc3)CC2)cc1. The number of nitrogens with zero attached hydrogens (tertiary/aromatic N) is 2. The summed E-state index contributed by atoms with van der Waals surface area (Å²) in [6.07, 6.45) is 1.26. The van der Waals surface area contributed by atoms with Crippen molar-refractivity contribution in [3.05, 3.63) is 83.3 Å². The molecule has 3 amide bonds. The largest absolute Gasteiger partial charge is 0.494 e. The van der Waals surface area contributed by atoms with Crippen molar-refractivity contribution in [2.45, 2.75) is 17.2 Å². The lowest BCUT2D eigenvalue weighted by atomic mass is 10.1. The van der Waals surface area contributed by atoms with E-state index in [2.05, 4.69) is 5.32 Å². The fraction of sp³-hybridized carbons (Fsp3) is 0.269. The molecule has 1 atom stereocenters. The molecule has 0 bridgehead atoms. The maximum absolute atomic E-state index is 13.5. The lowest BCUT2D eigenvalue weighted by Crippen LogP contribution is -2.57. The van der Waals surface area contributed by atoms with E-state index in [9.17, 15) is 22.8 Å². The van der Waals surface area contributed by atoms with Crippen molar-refractivity contribution in [2.24, 2.45) is 0 Å². The first-order valence-electron chi connectivity index (χ1n) is 11.9. The van der Waals surface area contributed by atoms with E-state index in [0.29, 0.717) is 22.9 Å². The van der Waals surface area contributed by atoms with Gasteiger partial charge in [0.25, 0.3) is 17.7 Å². The van der Waals surface area contributed by atoms with E-state index in [1.165, 1.54) is 47.6 Å². The van der Waals surface area contributed by atoms with Gasteiger partial charge in [-0.2, -0.15) is 0 Å². The standard InChI is InChI=1S/C26H26ClN3O7S/c1-2-36-20-9-5-18(6-10-20)25(32)29-13-15-30(16-14-29)26(33)24(28-23(31)22-4-3-17-37-22)38(34,35)21-11-7-19(27)8-12-21/h3-12,17,24H,2,13-16H2,1H3,(H,28,31)/t24-/m1/s1. The normalized spacial score (nSPS) is 14.6. The Morgan fingerprint density at radius 1 is 0.974 bits per heavy atom. The molecule has 200 valence electrons. The molecule has 0 saturated carbocycles. The number of sulfone groups is 1. The minimum atomic E-state index is -4.35. The fourth-order valence-electron chi connectivity index (χ4n) is 3.97. The Morgan fingerprint density at radius 2 is 1.61 bits per heavy atom. The predicted molar refractivity (Wildman–Crippen MR) is 139 cm³/mol. The Kier molecular flexibility index (Phi) is 8.38. The van der Waals surface area contributed by atoms with Gasteiger partial charge in [0.1, 0.15) is 5.75 Å². The topological polar surface area (TPSA) is 126 Å². The van der Waals surface area contributed by atoms with Crippen molar-refractivity contribution in [1.29, 1.82) is 0 Å². The Labute approximate surface area is 225 Å². The third kappa shape index (κ3) is 6.00. The maximum atomic E-state index is 13.5. The summed E-state index contributed by atoms with van der Waals surface area (Å²) in [6, 6.07) is 14.9. The average molecular weight is 560 g/mol. The van der Waals surface area contributed by atoms with Crippen LogP contribution in [0.2, 0.25) is 5.02 Å². The number of carbonyl (C=O) groups excluding carboxylic acids is 3. The molecule has 2 aromatic carbocycles. The molecule has 4 rings (SSSR count). The number of hydrogen-bond acceptors (Lipinski definition) is 7. The molecule has 0 radical (unpaired) electrons. The summed E-state index contributed by atoms with van der Waals surface area (Å²) in [5, 5.41) is 0.720. The van der Waals surface area contributed by atoms with Crippen LogP contribution in [0.15, 0.2) is 76.2 Å². The maximum Gasteiger partial charge on any atom is 0.288 e. The highest BCUT2D eigenvalue weighted by Crippen LogP contribution is 2.21. The lowest BCUT2D eigenvalue weighted by Gasteiger charge is -2.36. The predicted octanol–water partition coefficient (Wildman–Crippen LogP) is 2.85. The quantitative estimate of drug-likeness (QED) is 0.449. The summed E-state index contributed by atoms with van der Waals surface area (Å²) in [4.78, 5) is 41.8. The number of rotatable bonds is 8. The number of hydrogen-bond donors (Lipinski definition) is 1. The van der Waals surface area contributed by atoms with Crippen LogP contribution in [0.25, 0.3) is 0 Å². The average Bonchev–Trinajstić information content (AvgIpc) is 3.47. The summed E-state index contributed by atoms with van der Waals surface area (Å²) >= 11 is 5.89. The van der Waals surface area contributed by atoms with Gasteiger partial charge in [0.2, 0.25) is 15.2 Å². The van der Waals surface area contributed by atoms with Crippen LogP contribution in [-0.2, 0) is 14.6 Å². The Hall–Kier alpha value is -3.83. The van der Waals surface area contributed by atoms with Gasteiger partial charge in [-0.25, -0.2) is 8.42 Å². The molecule has 3 aromatic rings. The summed E-state index contributed by atoms with van der Waals surface area (Å²) in [5.74, 6) is -1.36. The fourth-order valence-corrected chi connectivity index (χ4v) is 5.56. The van der Waals surface area contributed by atoms with Gasteiger partial charge in [-0.3, -0.25) is 14.4 Å². The van der Waals surface area contributed by atoms with Gasteiger partial charge < -0.3 is 24.3 Å². The summed E-state index contributed by atoms with van der Waals surface area (Å²) < 4.78 is 37.4. The van der Waals surface area contributed by atoms with Crippen molar-refractivity contribution >= 4 is 39.2 Å². The Bertz CT molecular complexity index is 1380. The number of furan rings is 1. The second-order valence-corrected chi connectivity index (χ2v) is 10.9. The highest BCUT2D eigenvalue weighted by Gasteiger charge is 2.40. The molecule has 10 nitrogen and oxygen atoms in total. The van der Waals surface area contributed by atoms with E-state index in [1.54, 1.807) is 29.2 Å². The van der Waals surface area contributed by atoms with E-state index >= 15 is 0 Å². The molecule has 0 unspecified atom stereocenters. The molecule has 1 aromatic heterocycles. The van der Waals surface area contributed by atoms with E-state index < -0.39 is 27.0 Å². The summed E-state index contributed by atoms with van der Waals surface area (Å²) in [7, 11) is -4.35. The smallest absolute Gasteiger partial charge is 0.288 e. The van der Waals surface area contributed by atoms with Crippen LogP contribution in [0.3, 0.4) is 0 Å². The highest BCUT2D eigenvalue weighted by molar-refractivity contribution is 7.92. The van der Waals surface area contributed by atoms with Crippen molar-refractivity contribution in [3.8, 4) is 5.75 Å². The van der Waals surface area contributed by atoms with Gasteiger partial charge in [0, 0.05) is 36.8 Å². The lowest BCUT2D eigenvalue weighted by molar-refractivity contribution is -0.132. The molecular formula is C26H26ClN3O7S. The third-order valence-electron chi connectivity index (χ3n) is 5.97. The van der Waals surface area contributed by atoms with Gasteiger partial charge in [-0.15, -0.1) is 0 Å². The van der Waals surface area contributed by atoms with Gasteiger partial charge in [-0.05, 0) is 67.6 Å². The second-order valence-electron chi connectivity index (χ2n) is 8.40. The van der Waals surface area contributed by atoms with Crippen LogP contribution >= 0.6 is 11.6 Å².